The normalized spacial score (nSPS) is 9.83. The second kappa shape index (κ2) is 5.85. The van der Waals surface area contributed by atoms with Gasteiger partial charge in [0.25, 0.3) is 0 Å². The number of hydrogen-bond donors (Lipinski definition) is 1. The molecule has 1 aromatic heterocycles. The van der Waals surface area contributed by atoms with Gasteiger partial charge in [-0.05, 0) is 29.8 Å². The summed E-state index contributed by atoms with van der Waals surface area (Å²) in [5.41, 5.74) is 1.62. The van der Waals surface area contributed by atoms with Gasteiger partial charge in [0, 0.05) is 11.0 Å². The molecule has 0 atom stereocenters. The van der Waals surface area contributed by atoms with Crippen LogP contribution in [-0.4, -0.2) is 4.98 Å². The zero-order valence-corrected chi connectivity index (χ0v) is 11.7. The summed E-state index contributed by atoms with van der Waals surface area (Å²) in [7, 11) is 0. The fraction of sp³-hybridized carbons (Fsp3) is 0.0769. The van der Waals surface area contributed by atoms with Crippen LogP contribution < -0.4 is 5.32 Å². The first-order chi connectivity index (χ1) is 8.67. The van der Waals surface area contributed by atoms with Crippen LogP contribution in [-0.2, 0) is 6.54 Å². The van der Waals surface area contributed by atoms with E-state index in [0.717, 1.165) is 10.0 Å². The van der Waals surface area contributed by atoms with Gasteiger partial charge in [0.2, 0.25) is 0 Å². The quantitative estimate of drug-likeness (QED) is 0.870. The molecule has 0 fully saturated rings. The minimum atomic E-state index is 0.312. The van der Waals surface area contributed by atoms with Crippen molar-refractivity contribution in [1.82, 2.24) is 4.98 Å². The maximum atomic E-state index is 8.83. The van der Waals surface area contributed by atoms with E-state index in [1.165, 1.54) is 6.07 Å². The summed E-state index contributed by atoms with van der Waals surface area (Å²) in [6.07, 6.45) is 0. The average Bonchev–Trinajstić information content (AvgIpc) is 2.37. The Labute approximate surface area is 119 Å². The number of nitrogens with one attached hydrogen (secondary N) is 1. The molecule has 18 heavy (non-hydrogen) atoms. The monoisotopic (exact) mass is 321 g/mol. The molecule has 2 aromatic rings. The largest absolute Gasteiger partial charge is 0.366 e. The smallest absolute Gasteiger partial charge is 0.132 e. The number of benzene rings is 1. The summed E-state index contributed by atoms with van der Waals surface area (Å²) in [6, 6.07) is 13.2. The molecule has 0 bridgehead atoms. The molecular formula is C13H9BrClN3. The summed E-state index contributed by atoms with van der Waals surface area (Å²) in [6.45, 7) is 0.630. The van der Waals surface area contributed by atoms with E-state index in [0.29, 0.717) is 23.1 Å². The van der Waals surface area contributed by atoms with E-state index in [2.05, 4.69) is 26.2 Å². The Balaban J connectivity index is 2.08. The molecule has 0 saturated heterocycles. The summed E-state index contributed by atoms with van der Waals surface area (Å²) >= 11 is 9.21. The minimum absolute atomic E-state index is 0.312. The van der Waals surface area contributed by atoms with E-state index < -0.39 is 0 Å². The zero-order valence-electron chi connectivity index (χ0n) is 9.32. The van der Waals surface area contributed by atoms with Gasteiger partial charge in [0.15, 0.2) is 0 Å². The highest BCUT2D eigenvalue weighted by atomic mass is 79.9. The van der Waals surface area contributed by atoms with Crippen LogP contribution in [0, 0.1) is 11.3 Å². The summed E-state index contributed by atoms with van der Waals surface area (Å²) in [5, 5.41) is 12.3. The number of anilines is 1. The lowest BCUT2D eigenvalue weighted by atomic mass is 10.2. The van der Waals surface area contributed by atoms with Crippen LogP contribution in [0.1, 0.15) is 11.1 Å². The van der Waals surface area contributed by atoms with Crippen molar-refractivity contribution < 1.29 is 0 Å². The lowest BCUT2D eigenvalue weighted by Gasteiger charge is -2.06. The van der Waals surface area contributed by atoms with Crippen LogP contribution in [0.25, 0.3) is 0 Å². The first-order valence-corrected chi connectivity index (χ1v) is 6.40. The van der Waals surface area contributed by atoms with E-state index >= 15 is 0 Å². The molecule has 2 rings (SSSR count). The number of rotatable bonds is 3. The Morgan fingerprint density at radius 2 is 2.00 bits per heavy atom. The summed E-state index contributed by atoms with van der Waals surface area (Å²) in [5.74, 6) is 0.599. The maximum Gasteiger partial charge on any atom is 0.132 e. The Morgan fingerprint density at radius 1 is 1.28 bits per heavy atom. The van der Waals surface area contributed by atoms with Crippen LogP contribution >= 0.6 is 27.5 Å². The van der Waals surface area contributed by atoms with Gasteiger partial charge in [-0.3, -0.25) is 0 Å². The third kappa shape index (κ3) is 3.46. The lowest BCUT2D eigenvalue weighted by Crippen LogP contribution is -2.01. The fourth-order valence-electron chi connectivity index (χ4n) is 1.45. The minimum Gasteiger partial charge on any atom is -0.366 e. The molecule has 5 heteroatoms. The number of nitrogens with zero attached hydrogens (tertiary/aromatic N) is 2. The molecule has 3 nitrogen and oxygen atoms in total. The SMILES string of the molecule is N#Cc1cc(Cl)nc(NCc2ccc(Br)cc2)c1. The molecule has 1 N–H and O–H groups in total. The van der Waals surface area contributed by atoms with Gasteiger partial charge < -0.3 is 5.32 Å². The summed E-state index contributed by atoms with van der Waals surface area (Å²) in [4.78, 5) is 4.11. The molecule has 90 valence electrons. The van der Waals surface area contributed by atoms with Gasteiger partial charge in [-0.25, -0.2) is 4.98 Å². The van der Waals surface area contributed by atoms with Crippen molar-refractivity contribution in [2.75, 3.05) is 5.32 Å². The topological polar surface area (TPSA) is 48.7 Å². The van der Waals surface area contributed by atoms with Crippen LogP contribution in [0.5, 0.6) is 0 Å². The Kier molecular flexibility index (Phi) is 4.19. The molecule has 0 aliphatic carbocycles. The second-order valence-corrected chi connectivity index (χ2v) is 4.96. The van der Waals surface area contributed by atoms with E-state index in [1.54, 1.807) is 6.07 Å². The van der Waals surface area contributed by atoms with E-state index in [4.69, 9.17) is 16.9 Å². The van der Waals surface area contributed by atoms with Crippen LogP contribution in [0.2, 0.25) is 5.15 Å². The molecule has 0 spiro atoms. The zero-order chi connectivity index (χ0) is 13.0. The van der Waals surface area contributed by atoms with Crippen molar-refractivity contribution in [2.24, 2.45) is 0 Å². The van der Waals surface area contributed by atoms with Crippen LogP contribution in [0.4, 0.5) is 5.82 Å². The standard InChI is InChI=1S/C13H9BrClN3/c14-11-3-1-9(2-4-11)8-17-13-6-10(7-16)5-12(15)18-13/h1-6H,8H2,(H,17,18). The molecule has 0 amide bonds. The van der Waals surface area contributed by atoms with Gasteiger partial charge in [-0.15, -0.1) is 0 Å². The lowest BCUT2D eigenvalue weighted by molar-refractivity contribution is 1.11. The van der Waals surface area contributed by atoms with E-state index in [-0.39, 0.29) is 0 Å². The first-order valence-electron chi connectivity index (χ1n) is 5.23. The number of pyridine rings is 1. The highest BCUT2D eigenvalue weighted by Crippen LogP contribution is 2.15. The van der Waals surface area contributed by atoms with Crippen LogP contribution in [0.15, 0.2) is 40.9 Å². The predicted octanol–water partition coefficient (Wildman–Crippen LogP) is 3.98. The molecular weight excluding hydrogens is 314 g/mol. The van der Waals surface area contributed by atoms with Crippen molar-refractivity contribution >= 4 is 33.3 Å². The molecule has 1 heterocycles. The number of halogens is 2. The van der Waals surface area contributed by atoms with E-state index in [9.17, 15) is 0 Å². The molecule has 0 unspecified atom stereocenters. The fourth-order valence-corrected chi connectivity index (χ4v) is 1.92. The Bertz CT molecular complexity index is 590. The van der Waals surface area contributed by atoms with Crippen LogP contribution in [0.3, 0.4) is 0 Å². The average molecular weight is 323 g/mol. The van der Waals surface area contributed by atoms with Gasteiger partial charge in [0.1, 0.15) is 11.0 Å². The molecule has 0 radical (unpaired) electrons. The van der Waals surface area contributed by atoms with Gasteiger partial charge >= 0.3 is 0 Å². The molecule has 0 aliphatic rings. The van der Waals surface area contributed by atoms with Crippen molar-refractivity contribution in [3.8, 4) is 6.07 Å². The highest BCUT2D eigenvalue weighted by molar-refractivity contribution is 9.10. The van der Waals surface area contributed by atoms with Crippen molar-refractivity contribution in [1.29, 1.82) is 5.26 Å². The Hall–Kier alpha value is -1.57. The summed E-state index contributed by atoms with van der Waals surface area (Å²) < 4.78 is 1.04. The first kappa shape index (κ1) is 12.9. The molecule has 1 aromatic carbocycles. The van der Waals surface area contributed by atoms with Gasteiger partial charge in [0.05, 0.1) is 11.6 Å². The maximum absolute atomic E-state index is 8.83. The van der Waals surface area contributed by atoms with Gasteiger partial charge in [-0.1, -0.05) is 39.7 Å². The van der Waals surface area contributed by atoms with E-state index in [1.807, 2.05) is 30.3 Å². The van der Waals surface area contributed by atoms with Crippen molar-refractivity contribution in [2.45, 2.75) is 6.54 Å². The highest BCUT2D eigenvalue weighted by Gasteiger charge is 2.01. The number of hydrogen-bond acceptors (Lipinski definition) is 3. The van der Waals surface area contributed by atoms with Crippen molar-refractivity contribution in [3.63, 3.8) is 0 Å². The second-order valence-electron chi connectivity index (χ2n) is 3.66. The third-order valence-corrected chi connectivity index (χ3v) is 3.03. The number of nitriles is 1. The number of aromatic nitrogens is 1. The molecule has 0 saturated carbocycles. The molecule has 0 aliphatic heterocycles. The third-order valence-electron chi connectivity index (χ3n) is 2.31. The predicted molar refractivity (Wildman–Crippen MR) is 75.4 cm³/mol. The van der Waals surface area contributed by atoms with Crippen molar-refractivity contribution in [3.05, 3.63) is 57.2 Å². The van der Waals surface area contributed by atoms with Gasteiger partial charge in [-0.2, -0.15) is 5.26 Å². The Morgan fingerprint density at radius 3 is 2.67 bits per heavy atom.